The fourth-order valence-electron chi connectivity index (χ4n) is 1.24. The van der Waals surface area contributed by atoms with Crippen LogP contribution in [0.5, 0.6) is 0 Å². The molecule has 1 atom stereocenters. The van der Waals surface area contributed by atoms with E-state index in [0.29, 0.717) is 16.6 Å². The van der Waals surface area contributed by atoms with Crippen LogP contribution in [0.25, 0.3) is 0 Å². The first-order valence-corrected chi connectivity index (χ1v) is 5.37. The zero-order valence-corrected chi connectivity index (χ0v) is 9.01. The van der Waals surface area contributed by atoms with Crippen molar-refractivity contribution in [1.82, 2.24) is 0 Å². The predicted molar refractivity (Wildman–Crippen MR) is 51.5 cm³/mol. The van der Waals surface area contributed by atoms with E-state index < -0.39 is 0 Å². The average molecular weight is 181 g/mol. The topological polar surface area (TPSA) is 0 Å². The van der Waals surface area contributed by atoms with Crippen molar-refractivity contribution in [3.63, 3.8) is 0 Å². The second kappa shape index (κ2) is 3.87. The van der Waals surface area contributed by atoms with Crippen molar-refractivity contribution in [1.29, 1.82) is 0 Å². The zero-order valence-electron chi connectivity index (χ0n) is 7.44. The summed E-state index contributed by atoms with van der Waals surface area (Å²) < 4.78 is 0. The predicted octanol–water partition coefficient (Wildman–Crippen LogP) is 3.94. The first kappa shape index (κ1) is 10.6. The van der Waals surface area contributed by atoms with Gasteiger partial charge in [-0.3, -0.25) is 0 Å². The van der Waals surface area contributed by atoms with Crippen LogP contribution in [-0.4, -0.2) is 5.25 Å². The van der Waals surface area contributed by atoms with Gasteiger partial charge in [-0.1, -0.05) is 45.6 Å². The van der Waals surface area contributed by atoms with E-state index in [4.69, 9.17) is 10.7 Å². The Labute approximate surface area is 73.2 Å². The van der Waals surface area contributed by atoms with Crippen LogP contribution in [-0.2, 0) is 0 Å². The molecular formula is C8H17ClS. The van der Waals surface area contributed by atoms with Gasteiger partial charge in [0.15, 0.2) is 0 Å². The van der Waals surface area contributed by atoms with E-state index in [1.807, 2.05) is 0 Å². The SMILES string of the molecule is CC(C)C(SCl)C(C)(C)C. The molecule has 10 heavy (non-hydrogen) atoms. The van der Waals surface area contributed by atoms with E-state index in [0.717, 1.165) is 0 Å². The minimum Gasteiger partial charge on any atom is -0.0617 e. The Bertz CT molecular complexity index is 93.9. The molecule has 0 spiro atoms. The summed E-state index contributed by atoms with van der Waals surface area (Å²) in [6.07, 6.45) is 0. The molecule has 1 unspecified atom stereocenters. The van der Waals surface area contributed by atoms with Gasteiger partial charge >= 0.3 is 0 Å². The quantitative estimate of drug-likeness (QED) is 0.621. The minimum atomic E-state index is 0.320. The van der Waals surface area contributed by atoms with Crippen molar-refractivity contribution in [2.75, 3.05) is 0 Å². The smallest absolute Gasteiger partial charge is 0.0271 e. The molecule has 0 saturated heterocycles. The first-order chi connectivity index (χ1) is 4.39. The van der Waals surface area contributed by atoms with Gasteiger partial charge in [0.2, 0.25) is 0 Å². The van der Waals surface area contributed by atoms with Gasteiger partial charge in [-0.05, 0) is 22.0 Å². The Kier molecular flexibility index (Phi) is 4.12. The monoisotopic (exact) mass is 180 g/mol. The van der Waals surface area contributed by atoms with Crippen LogP contribution < -0.4 is 0 Å². The third kappa shape index (κ3) is 3.16. The molecule has 2 heteroatoms. The van der Waals surface area contributed by atoms with Gasteiger partial charge in [-0.2, -0.15) is 0 Å². The summed E-state index contributed by atoms with van der Waals surface area (Å²) in [6, 6.07) is 0. The summed E-state index contributed by atoms with van der Waals surface area (Å²) in [7, 11) is 7.22. The van der Waals surface area contributed by atoms with Crippen LogP contribution in [0.1, 0.15) is 34.6 Å². The Morgan fingerprint density at radius 2 is 1.60 bits per heavy atom. The molecule has 0 heterocycles. The molecule has 0 bridgehead atoms. The summed E-state index contributed by atoms with van der Waals surface area (Å²) in [5.74, 6) is 0.655. The molecule has 62 valence electrons. The van der Waals surface area contributed by atoms with E-state index in [2.05, 4.69) is 34.6 Å². The summed E-state index contributed by atoms with van der Waals surface area (Å²) in [4.78, 5) is 0. The fraction of sp³-hybridized carbons (Fsp3) is 1.00. The molecule has 0 amide bonds. The lowest BCUT2D eigenvalue weighted by atomic mass is 9.85. The first-order valence-electron chi connectivity index (χ1n) is 3.67. The van der Waals surface area contributed by atoms with Gasteiger partial charge in [-0.25, -0.2) is 0 Å². The molecule has 0 aliphatic rings. The van der Waals surface area contributed by atoms with E-state index in [9.17, 15) is 0 Å². The largest absolute Gasteiger partial charge is 0.0617 e. The van der Waals surface area contributed by atoms with Gasteiger partial charge < -0.3 is 0 Å². The molecule has 0 aromatic heterocycles. The fourth-order valence-corrected chi connectivity index (χ4v) is 3.13. The maximum atomic E-state index is 5.76. The molecule has 0 aromatic carbocycles. The van der Waals surface area contributed by atoms with Crippen LogP contribution in [0.4, 0.5) is 0 Å². The van der Waals surface area contributed by atoms with Crippen molar-refractivity contribution in [2.45, 2.75) is 39.9 Å². The molecule has 0 rings (SSSR count). The highest BCUT2D eigenvalue weighted by Gasteiger charge is 2.27. The Morgan fingerprint density at radius 1 is 1.20 bits per heavy atom. The van der Waals surface area contributed by atoms with E-state index in [-0.39, 0.29) is 0 Å². The zero-order chi connectivity index (χ0) is 8.36. The van der Waals surface area contributed by atoms with E-state index in [1.54, 1.807) is 0 Å². The second-order valence-electron chi connectivity index (χ2n) is 4.12. The molecule has 0 nitrogen and oxygen atoms in total. The average Bonchev–Trinajstić information content (AvgIpc) is 1.60. The highest BCUT2D eigenvalue weighted by Crippen LogP contribution is 2.37. The third-order valence-electron chi connectivity index (χ3n) is 1.56. The Balaban J connectivity index is 4.07. The highest BCUT2D eigenvalue weighted by atomic mass is 35.7. The van der Waals surface area contributed by atoms with Crippen molar-refractivity contribution < 1.29 is 0 Å². The molecule has 0 aromatic rings. The molecule has 0 aliphatic heterocycles. The lowest BCUT2D eigenvalue weighted by molar-refractivity contribution is 0.337. The van der Waals surface area contributed by atoms with Crippen LogP contribution in [0.3, 0.4) is 0 Å². The summed E-state index contributed by atoms with van der Waals surface area (Å²) in [5.41, 5.74) is 0.320. The summed E-state index contributed by atoms with van der Waals surface area (Å²) in [5, 5.41) is 0.550. The van der Waals surface area contributed by atoms with Crippen LogP contribution in [0.2, 0.25) is 0 Å². The number of rotatable bonds is 2. The van der Waals surface area contributed by atoms with Crippen molar-refractivity contribution in [3.8, 4) is 0 Å². The lowest BCUT2D eigenvalue weighted by Gasteiger charge is -2.30. The normalized spacial score (nSPS) is 15.9. The van der Waals surface area contributed by atoms with Crippen LogP contribution in [0, 0.1) is 11.3 Å². The molecule has 0 N–H and O–H groups in total. The molecule has 0 fully saturated rings. The standard InChI is InChI=1S/C8H17ClS/c1-6(2)7(10-9)8(3,4)5/h6-7H,1-5H3. The Morgan fingerprint density at radius 3 is 1.60 bits per heavy atom. The van der Waals surface area contributed by atoms with Crippen LogP contribution >= 0.6 is 21.7 Å². The maximum Gasteiger partial charge on any atom is 0.0271 e. The van der Waals surface area contributed by atoms with Gasteiger partial charge in [0.05, 0.1) is 0 Å². The van der Waals surface area contributed by atoms with Crippen molar-refractivity contribution >= 4 is 21.7 Å². The summed E-state index contributed by atoms with van der Waals surface area (Å²) >= 11 is 0. The van der Waals surface area contributed by atoms with E-state index >= 15 is 0 Å². The second-order valence-corrected chi connectivity index (χ2v) is 5.34. The molecule has 0 saturated carbocycles. The molecule has 0 radical (unpaired) electrons. The third-order valence-corrected chi connectivity index (χ3v) is 3.57. The Hall–Kier alpha value is 0.640. The van der Waals surface area contributed by atoms with Crippen molar-refractivity contribution in [3.05, 3.63) is 0 Å². The molecular weight excluding hydrogens is 164 g/mol. The number of halogens is 1. The molecule has 0 aliphatic carbocycles. The van der Waals surface area contributed by atoms with Gasteiger partial charge in [0.25, 0.3) is 0 Å². The summed E-state index contributed by atoms with van der Waals surface area (Å²) in [6.45, 7) is 11.1. The van der Waals surface area contributed by atoms with Crippen molar-refractivity contribution in [2.24, 2.45) is 11.3 Å². The number of hydrogen-bond acceptors (Lipinski definition) is 1. The highest BCUT2D eigenvalue weighted by molar-refractivity contribution is 8.21. The van der Waals surface area contributed by atoms with Gasteiger partial charge in [0.1, 0.15) is 0 Å². The van der Waals surface area contributed by atoms with Gasteiger partial charge in [0, 0.05) is 5.25 Å². The lowest BCUT2D eigenvalue weighted by Crippen LogP contribution is -2.27. The minimum absolute atomic E-state index is 0.320. The van der Waals surface area contributed by atoms with Crippen LogP contribution in [0.15, 0.2) is 0 Å². The number of hydrogen-bond donors (Lipinski definition) is 0. The van der Waals surface area contributed by atoms with Gasteiger partial charge in [-0.15, -0.1) is 0 Å². The van der Waals surface area contributed by atoms with E-state index in [1.165, 1.54) is 11.0 Å². The maximum absolute atomic E-state index is 5.76.